The molecule has 1 N–H and O–H groups in total. The van der Waals surface area contributed by atoms with Crippen molar-refractivity contribution in [3.63, 3.8) is 0 Å². The summed E-state index contributed by atoms with van der Waals surface area (Å²) in [4.78, 5) is 22.5. The van der Waals surface area contributed by atoms with Gasteiger partial charge in [0.15, 0.2) is 5.13 Å². The minimum absolute atomic E-state index is 0. The van der Waals surface area contributed by atoms with Crippen molar-refractivity contribution in [2.75, 3.05) is 55.0 Å². The summed E-state index contributed by atoms with van der Waals surface area (Å²) in [5, 5.41) is 4.05. The predicted molar refractivity (Wildman–Crippen MR) is 170 cm³/mol. The molecular weight excluding hydrogens is 578 g/mol. The Morgan fingerprint density at radius 2 is 1.61 bits per heavy atom. The second-order valence-electron chi connectivity index (χ2n) is 9.99. The summed E-state index contributed by atoms with van der Waals surface area (Å²) in [6.07, 6.45) is 0. The van der Waals surface area contributed by atoms with Gasteiger partial charge in [-0.15, -0.1) is 12.4 Å². The van der Waals surface area contributed by atoms with Crippen LogP contribution < -0.4 is 14.5 Å². The number of rotatable bonds is 9. The summed E-state index contributed by atoms with van der Waals surface area (Å²) in [6, 6.07) is 19.4. The Morgan fingerprint density at radius 3 is 2.24 bits per heavy atom. The first kappa shape index (κ1) is 30.8. The molecule has 2 heterocycles. The molecule has 0 spiro atoms. The molecule has 1 amide bonds. The van der Waals surface area contributed by atoms with Crippen molar-refractivity contribution in [2.24, 2.45) is 0 Å². The van der Waals surface area contributed by atoms with Crippen LogP contribution in [-0.2, 0) is 10.0 Å². The summed E-state index contributed by atoms with van der Waals surface area (Å²) < 4.78 is 29.0. The van der Waals surface area contributed by atoms with E-state index in [0.717, 1.165) is 43.4 Å². The third-order valence-corrected chi connectivity index (χ3v) is 10.5. The molecule has 8 nitrogen and oxygen atoms in total. The van der Waals surface area contributed by atoms with Gasteiger partial charge in [0.05, 0.1) is 20.8 Å². The van der Waals surface area contributed by atoms with Gasteiger partial charge < -0.3 is 10.2 Å². The van der Waals surface area contributed by atoms with Crippen LogP contribution in [-0.4, -0.2) is 70.0 Å². The molecule has 1 aliphatic rings. The molecule has 4 aromatic rings. The van der Waals surface area contributed by atoms with Crippen molar-refractivity contribution < 1.29 is 13.2 Å². The number of hydrogen-bond donors (Lipinski definition) is 1. The van der Waals surface area contributed by atoms with Gasteiger partial charge in [-0.1, -0.05) is 41.7 Å². The molecule has 11 heteroatoms. The Morgan fingerprint density at radius 1 is 0.951 bits per heavy atom. The number of hydrogen-bond acceptors (Lipinski definition) is 7. The molecule has 0 aliphatic carbocycles. The third kappa shape index (κ3) is 6.67. The quantitative estimate of drug-likeness (QED) is 0.283. The molecule has 0 saturated carbocycles. The number of aromatic nitrogens is 1. The number of para-hydroxylation sites is 1. The molecule has 0 unspecified atom stereocenters. The Kier molecular flexibility index (Phi) is 9.91. The Bertz CT molecular complexity index is 1550. The zero-order chi connectivity index (χ0) is 28.3. The van der Waals surface area contributed by atoms with Crippen molar-refractivity contribution in [3.05, 3.63) is 83.4 Å². The van der Waals surface area contributed by atoms with Crippen molar-refractivity contribution in [1.82, 2.24) is 15.2 Å². The topological polar surface area (TPSA) is 85.8 Å². The van der Waals surface area contributed by atoms with Crippen LogP contribution in [0.15, 0.2) is 71.6 Å². The van der Waals surface area contributed by atoms with Gasteiger partial charge in [-0.3, -0.25) is 14.0 Å². The number of fused-ring (bicyclic) bond motifs is 1. The van der Waals surface area contributed by atoms with Crippen LogP contribution in [0.4, 0.5) is 10.8 Å². The maximum atomic E-state index is 13.2. The maximum Gasteiger partial charge on any atom is 0.264 e. The number of carbonyl (C=O) groups excluding carboxylic acids is 1. The van der Waals surface area contributed by atoms with Crippen molar-refractivity contribution in [2.45, 2.75) is 25.7 Å². The SMILES string of the molecule is CCN(c1ccccc1)S(=O)(=O)c1ccc(C(=O)NCCN2CCN(c3nc4c(C)ccc(C)c4s3)CC2)cc1.Cl. The monoisotopic (exact) mass is 613 g/mol. The smallest absolute Gasteiger partial charge is 0.264 e. The molecule has 0 radical (unpaired) electrons. The molecular formula is C30H36ClN5O3S2. The average molecular weight is 614 g/mol. The second-order valence-corrected chi connectivity index (χ2v) is 12.8. The molecule has 0 bridgehead atoms. The van der Waals surface area contributed by atoms with Crippen LogP contribution in [0.2, 0.25) is 0 Å². The second kappa shape index (κ2) is 13.2. The van der Waals surface area contributed by atoms with Crippen LogP contribution in [0.25, 0.3) is 10.2 Å². The summed E-state index contributed by atoms with van der Waals surface area (Å²) in [5.74, 6) is -0.210. The summed E-state index contributed by atoms with van der Waals surface area (Å²) in [5.41, 5.74) is 4.63. The van der Waals surface area contributed by atoms with Crippen LogP contribution in [0, 0.1) is 13.8 Å². The molecule has 41 heavy (non-hydrogen) atoms. The number of thiazole rings is 1. The highest BCUT2D eigenvalue weighted by atomic mass is 35.5. The van der Waals surface area contributed by atoms with Crippen LogP contribution in [0.5, 0.6) is 0 Å². The van der Waals surface area contributed by atoms with E-state index in [2.05, 4.69) is 41.1 Å². The highest BCUT2D eigenvalue weighted by Crippen LogP contribution is 2.33. The lowest BCUT2D eigenvalue weighted by Gasteiger charge is -2.34. The predicted octanol–water partition coefficient (Wildman–Crippen LogP) is 5.10. The number of piperazine rings is 1. The van der Waals surface area contributed by atoms with E-state index in [1.165, 1.54) is 32.3 Å². The first-order valence-electron chi connectivity index (χ1n) is 13.6. The van der Waals surface area contributed by atoms with E-state index in [-0.39, 0.29) is 23.2 Å². The molecule has 1 aromatic heterocycles. The van der Waals surface area contributed by atoms with E-state index >= 15 is 0 Å². The van der Waals surface area contributed by atoms with Crippen LogP contribution in [0.1, 0.15) is 28.4 Å². The highest BCUT2D eigenvalue weighted by Gasteiger charge is 2.24. The number of sulfonamides is 1. The highest BCUT2D eigenvalue weighted by molar-refractivity contribution is 7.92. The van der Waals surface area contributed by atoms with Crippen LogP contribution >= 0.6 is 23.7 Å². The van der Waals surface area contributed by atoms with Gasteiger partial charge in [-0.05, 0) is 68.3 Å². The van der Waals surface area contributed by atoms with Gasteiger partial charge >= 0.3 is 0 Å². The fraction of sp³-hybridized carbons (Fsp3) is 0.333. The molecule has 1 fully saturated rings. The van der Waals surface area contributed by atoms with Gasteiger partial charge in [0.2, 0.25) is 0 Å². The van der Waals surface area contributed by atoms with E-state index in [0.29, 0.717) is 24.3 Å². The Balaban J connectivity index is 0.00000387. The van der Waals surface area contributed by atoms with E-state index in [1.54, 1.807) is 42.5 Å². The number of anilines is 2. The van der Waals surface area contributed by atoms with Gasteiger partial charge in [0.1, 0.15) is 0 Å². The molecule has 5 rings (SSSR count). The zero-order valence-electron chi connectivity index (χ0n) is 23.5. The first-order chi connectivity index (χ1) is 19.3. The Hall–Kier alpha value is -3.18. The standard InChI is InChI=1S/C30H35N5O3S2.ClH/c1-4-35(25-8-6-5-7-9-25)40(37,38)26-14-12-24(13-15-26)29(36)31-16-17-33-18-20-34(21-19-33)30-32-27-22(2)10-11-23(3)28(27)39-30;/h5-15H,4,16-21H2,1-3H3,(H,31,36);1H. The number of benzene rings is 3. The fourth-order valence-electron chi connectivity index (χ4n) is 4.97. The van der Waals surface area contributed by atoms with Gasteiger partial charge in [-0.2, -0.15) is 0 Å². The van der Waals surface area contributed by atoms with E-state index in [9.17, 15) is 13.2 Å². The van der Waals surface area contributed by atoms with E-state index < -0.39 is 10.0 Å². The maximum absolute atomic E-state index is 13.2. The number of amides is 1. The van der Waals surface area contributed by atoms with Gasteiger partial charge in [0, 0.05) is 51.4 Å². The molecule has 1 saturated heterocycles. The lowest BCUT2D eigenvalue weighted by Crippen LogP contribution is -2.48. The molecule has 218 valence electrons. The normalized spacial score (nSPS) is 14.1. The van der Waals surface area contributed by atoms with E-state index in [1.807, 2.05) is 18.2 Å². The third-order valence-electron chi connectivity index (χ3n) is 7.32. The molecule has 1 aliphatic heterocycles. The lowest BCUT2D eigenvalue weighted by atomic mass is 10.1. The minimum Gasteiger partial charge on any atom is -0.351 e. The zero-order valence-corrected chi connectivity index (χ0v) is 26.0. The van der Waals surface area contributed by atoms with Crippen LogP contribution in [0.3, 0.4) is 0 Å². The fourth-order valence-corrected chi connectivity index (χ4v) is 7.60. The van der Waals surface area contributed by atoms with Crippen molar-refractivity contribution >= 4 is 60.7 Å². The van der Waals surface area contributed by atoms with Crippen molar-refractivity contribution in [3.8, 4) is 0 Å². The van der Waals surface area contributed by atoms with E-state index in [4.69, 9.17) is 4.98 Å². The molecule has 0 atom stereocenters. The summed E-state index contributed by atoms with van der Waals surface area (Å²) in [7, 11) is -3.73. The van der Waals surface area contributed by atoms with Gasteiger partial charge in [-0.25, -0.2) is 13.4 Å². The molecule has 3 aromatic carbocycles. The minimum atomic E-state index is -3.73. The average Bonchev–Trinajstić information content (AvgIpc) is 3.43. The number of nitrogens with one attached hydrogen (secondary N) is 1. The number of carbonyl (C=O) groups is 1. The largest absolute Gasteiger partial charge is 0.351 e. The lowest BCUT2D eigenvalue weighted by molar-refractivity contribution is 0.0947. The summed E-state index contributed by atoms with van der Waals surface area (Å²) >= 11 is 1.77. The Labute approximate surface area is 252 Å². The number of nitrogens with zero attached hydrogens (tertiary/aromatic N) is 4. The summed E-state index contributed by atoms with van der Waals surface area (Å²) in [6.45, 7) is 11.3. The number of aryl methyl sites for hydroxylation is 2. The van der Waals surface area contributed by atoms with Gasteiger partial charge in [0.25, 0.3) is 15.9 Å². The number of halogens is 1. The first-order valence-corrected chi connectivity index (χ1v) is 15.8. The van der Waals surface area contributed by atoms with Crippen molar-refractivity contribution in [1.29, 1.82) is 0 Å².